The molecule has 0 heterocycles. The summed E-state index contributed by atoms with van der Waals surface area (Å²) < 4.78 is 0. The van der Waals surface area contributed by atoms with Crippen LogP contribution in [0.2, 0.25) is 0 Å². The van der Waals surface area contributed by atoms with E-state index in [1.807, 2.05) is 0 Å². The van der Waals surface area contributed by atoms with Crippen molar-refractivity contribution in [3.8, 4) is 0 Å². The maximum absolute atomic E-state index is 6.67. The molecule has 2 rings (SSSR count). The van der Waals surface area contributed by atoms with E-state index in [0.29, 0.717) is 5.41 Å². The molecule has 0 radical (unpaired) electrons. The van der Waals surface area contributed by atoms with Crippen molar-refractivity contribution in [2.75, 3.05) is 0 Å². The van der Waals surface area contributed by atoms with Crippen molar-refractivity contribution in [3.63, 3.8) is 0 Å². The second kappa shape index (κ2) is 5.05. The summed E-state index contributed by atoms with van der Waals surface area (Å²) in [6.07, 6.45) is 7.08. The zero-order valence-electron chi connectivity index (χ0n) is 12.1. The Morgan fingerprint density at radius 2 is 1.78 bits per heavy atom. The van der Waals surface area contributed by atoms with Gasteiger partial charge in [0.25, 0.3) is 0 Å². The molecule has 2 N–H and O–H groups in total. The molecule has 1 aromatic rings. The molecular weight excluding hydrogens is 218 g/mol. The van der Waals surface area contributed by atoms with Crippen molar-refractivity contribution in [2.45, 2.75) is 64.8 Å². The summed E-state index contributed by atoms with van der Waals surface area (Å²) in [6, 6.07) is 8.96. The van der Waals surface area contributed by atoms with Crippen LogP contribution in [0, 0.1) is 5.41 Å². The summed E-state index contributed by atoms with van der Waals surface area (Å²) in [5.41, 5.74) is 9.84. The first-order valence-corrected chi connectivity index (χ1v) is 7.33. The van der Waals surface area contributed by atoms with Gasteiger partial charge < -0.3 is 5.73 Å². The average Bonchev–Trinajstić information content (AvgIpc) is 2.34. The van der Waals surface area contributed by atoms with Crippen molar-refractivity contribution < 1.29 is 0 Å². The van der Waals surface area contributed by atoms with Crippen molar-refractivity contribution in [1.82, 2.24) is 0 Å². The molecule has 0 amide bonds. The predicted octanol–water partition coefficient (Wildman–Crippen LogP) is 4.39. The Balaban J connectivity index is 2.17. The van der Waals surface area contributed by atoms with E-state index in [4.69, 9.17) is 5.73 Å². The third kappa shape index (κ3) is 2.95. The Morgan fingerprint density at radius 1 is 1.11 bits per heavy atom. The first kappa shape index (κ1) is 13.6. The molecule has 1 aliphatic carbocycles. The number of rotatable bonds is 3. The van der Waals surface area contributed by atoms with Gasteiger partial charge in [-0.05, 0) is 48.6 Å². The quantitative estimate of drug-likeness (QED) is 0.839. The fourth-order valence-corrected chi connectivity index (χ4v) is 2.99. The Bertz CT molecular complexity index is 396. The van der Waals surface area contributed by atoms with E-state index in [-0.39, 0.29) is 5.54 Å². The minimum atomic E-state index is -0.0841. The van der Waals surface area contributed by atoms with Gasteiger partial charge in [-0.2, -0.15) is 0 Å². The van der Waals surface area contributed by atoms with Gasteiger partial charge in [0.2, 0.25) is 0 Å². The fourth-order valence-electron chi connectivity index (χ4n) is 2.99. The van der Waals surface area contributed by atoms with E-state index in [1.54, 1.807) is 0 Å². The molecular formula is C17H27N. The van der Waals surface area contributed by atoms with Crippen LogP contribution in [0.1, 0.15) is 64.0 Å². The Labute approximate surface area is 112 Å². The lowest BCUT2D eigenvalue weighted by molar-refractivity contribution is 0.165. The summed E-state index contributed by atoms with van der Waals surface area (Å²) in [6.45, 7) is 6.95. The summed E-state index contributed by atoms with van der Waals surface area (Å²) in [4.78, 5) is 0. The van der Waals surface area contributed by atoms with Crippen molar-refractivity contribution in [1.29, 1.82) is 0 Å². The Hall–Kier alpha value is -0.820. The minimum absolute atomic E-state index is 0.0841. The number of aryl methyl sites for hydroxylation is 1. The van der Waals surface area contributed by atoms with Crippen LogP contribution in [0.25, 0.3) is 0 Å². The molecule has 1 saturated carbocycles. The smallest absolute Gasteiger partial charge is 0.0410 e. The highest BCUT2D eigenvalue weighted by molar-refractivity contribution is 5.30. The highest BCUT2D eigenvalue weighted by Crippen LogP contribution is 2.43. The lowest BCUT2D eigenvalue weighted by Crippen LogP contribution is -2.42. The molecule has 0 aromatic heterocycles. The summed E-state index contributed by atoms with van der Waals surface area (Å²) >= 11 is 0. The van der Waals surface area contributed by atoms with Crippen molar-refractivity contribution >= 4 is 0 Å². The van der Waals surface area contributed by atoms with Gasteiger partial charge in [-0.1, -0.05) is 51.5 Å². The van der Waals surface area contributed by atoms with Gasteiger partial charge in [-0.15, -0.1) is 0 Å². The fraction of sp³-hybridized carbons (Fsp3) is 0.647. The molecule has 100 valence electrons. The van der Waals surface area contributed by atoms with Gasteiger partial charge in [0.1, 0.15) is 0 Å². The monoisotopic (exact) mass is 245 g/mol. The van der Waals surface area contributed by atoms with Gasteiger partial charge in [-0.25, -0.2) is 0 Å². The first-order chi connectivity index (χ1) is 8.45. The van der Waals surface area contributed by atoms with Crippen LogP contribution < -0.4 is 5.73 Å². The van der Waals surface area contributed by atoms with Crippen LogP contribution in [-0.2, 0) is 12.0 Å². The van der Waals surface area contributed by atoms with E-state index < -0.39 is 0 Å². The molecule has 0 spiro atoms. The molecule has 0 aliphatic heterocycles. The molecule has 1 heteroatoms. The van der Waals surface area contributed by atoms with Gasteiger partial charge >= 0.3 is 0 Å². The standard InChI is InChI=1S/C17H27N/c1-4-6-14-7-5-8-15(13-14)17(18)11-9-16(2,3)10-12-17/h5,7-8,13H,4,6,9-12,18H2,1-3H3. The topological polar surface area (TPSA) is 26.0 Å². The number of hydrogen-bond acceptors (Lipinski definition) is 1. The number of hydrogen-bond donors (Lipinski definition) is 1. The normalized spacial score (nSPS) is 21.8. The zero-order valence-corrected chi connectivity index (χ0v) is 12.1. The highest BCUT2D eigenvalue weighted by atomic mass is 14.8. The summed E-state index contributed by atoms with van der Waals surface area (Å²) in [5, 5.41) is 0. The Morgan fingerprint density at radius 3 is 2.39 bits per heavy atom. The van der Waals surface area contributed by atoms with Gasteiger partial charge in [0, 0.05) is 5.54 Å². The molecule has 1 fully saturated rings. The molecule has 0 bridgehead atoms. The number of nitrogens with two attached hydrogens (primary N) is 1. The molecule has 18 heavy (non-hydrogen) atoms. The van der Waals surface area contributed by atoms with Crippen LogP contribution >= 0.6 is 0 Å². The maximum atomic E-state index is 6.67. The van der Waals surface area contributed by atoms with Crippen LogP contribution in [-0.4, -0.2) is 0 Å². The molecule has 1 aromatic carbocycles. The predicted molar refractivity (Wildman–Crippen MR) is 78.6 cm³/mol. The summed E-state index contributed by atoms with van der Waals surface area (Å²) in [7, 11) is 0. The van der Waals surface area contributed by atoms with Crippen LogP contribution in [0.5, 0.6) is 0 Å². The third-order valence-corrected chi connectivity index (χ3v) is 4.54. The minimum Gasteiger partial charge on any atom is -0.321 e. The average molecular weight is 245 g/mol. The van der Waals surface area contributed by atoms with Crippen molar-refractivity contribution in [2.24, 2.45) is 11.1 Å². The largest absolute Gasteiger partial charge is 0.321 e. The molecule has 1 aliphatic rings. The number of benzene rings is 1. The lowest BCUT2D eigenvalue weighted by Gasteiger charge is -2.41. The van der Waals surface area contributed by atoms with Crippen LogP contribution in [0.3, 0.4) is 0 Å². The molecule has 0 saturated heterocycles. The SMILES string of the molecule is CCCc1cccc(C2(N)CCC(C)(C)CC2)c1. The van der Waals surface area contributed by atoms with E-state index in [9.17, 15) is 0 Å². The molecule has 0 unspecified atom stereocenters. The van der Waals surface area contributed by atoms with E-state index in [1.165, 1.54) is 30.4 Å². The second-order valence-electron chi connectivity index (χ2n) is 6.77. The van der Waals surface area contributed by atoms with Crippen molar-refractivity contribution in [3.05, 3.63) is 35.4 Å². The van der Waals surface area contributed by atoms with Gasteiger partial charge in [-0.3, -0.25) is 0 Å². The Kier molecular flexibility index (Phi) is 3.82. The van der Waals surface area contributed by atoms with Gasteiger partial charge in [0.05, 0.1) is 0 Å². The lowest BCUT2D eigenvalue weighted by atomic mass is 9.67. The third-order valence-electron chi connectivity index (χ3n) is 4.54. The highest BCUT2D eigenvalue weighted by Gasteiger charge is 2.36. The van der Waals surface area contributed by atoms with Crippen LogP contribution in [0.15, 0.2) is 24.3 Å². The van der Waals surface area contributed by atoms with Gasteiger partial charge in [0.15, 0.2) is 0 Å². The van der Waals surface area contributed by atoms with E-state index in [0.717, 1.165) is 19.3 Å². The van der Waals surface area contributed by atoms with Crippen LogP contribution in [0.4, 0.5) is 0 Å². The molecule has 1 nitrogen and oxygen atoms in total. The van der Waals surface area contributed by atoms with E-state index >= 15 is 0 Å². The zero-order chi connectivity index (χ0) is 13.2. The second-order valence-corrected chi connectivity index (χ2v) is 6.77. The summed E-state index contributed by atoms with van der Waals surface area (Å²) in [5.74, 6) is 0. The maximum Gasteiger partial charge on any atom is 0.0410 e. The van der Waals surface area contributed by atoms with E-state index in [2.05, 4.69) is 45.0 Å². The molecule has 0 atom stereocenters. The first-order valence-electron chi connectivity index (χ1n) is 7.33.